The predicted octanol–water partition coefficient (Wildman–Crippen LogP) is 3.52. The molecule has 1 amide bonds. The van der Waals surface area contributed by atoms with E-state index < -0.39 is 0 Å². The molecule has 25 heavy (non-hydrogen) atoms. The van der Waals surface area contributed by atoms with Gasteiger partial charge in [0, 0.05) is 57.5 Å². The number of piperidine rings is 1. The van der Waals surface area contributed by atoms with Crippen molar-refractivity contribution in [1.82, 2.24) is 14.8 Å². The van der Waals surface area contributed by atoms with Crippen molar-refractivity contribution in [3.63, 3.8) is 0 Å². The van der Waals surface area contributed by atoms with E-state index in [1.807, 2.05) is 24.2 Å². The Kier molecular flexibility index (Phi) is 6.85. The second kappa shape index (κ2) is 9.33. The van der Waals surface area contributed by atoms with E-state index in [9.17, 15) is 4.79 Å². The van der Waals surface area contributed by atoms with Gasteiger partial charge in [0.1, 0.15) is 0 Å². The molecule has 2 aliphatic rings. The molecule has 0 bridgehead atoms. The van der Waals surface area contributed by atoms with Gasteiger partial charge in [0.25, 0.3) is 0 Å². The number of rotatable bonds is 7. The monoisotopic (exact) mass is 343 g/mol. The van der Waals surface area contributed by atoms with Crippen molar-refractivity contribution in [2.75, 3.05) is 26.7 Å². The van der Waals surface area contributed by atoms with E-state index in [1.165, 1.54) is 31.4 Å². The quantitative estimate of drug-likeness (QED) is 0.760. The third-order valence-electron chi connectivity index (χ3n) is 6.15. The minimum atomic E-state index is 0.360. The molecule has 1 aliphatic heterocycles. The molecule has 1 saturated heterocycles. The van der Waals surface area contributed by atoms with Crippen LogP contribution in [0.15, 0.2) is 24.4 Å². The summed E-state index contributed by atoms with van der Waals surface area (Å²) in [5.41, 5.74) is 1.17. The van der Waals surface area contributed by atoms with E-state index in [0.29, 0.717) is 11.9 Å². The average molecular weight is 344 g/mol. The van der Waals surface area contributed by atoms with Crippen molar-refractivity contribution < 1.29 is 4.79 Å². The lowest BCUT2D eigenvalue weighted by Crippen LogP contribution is -2.46. The fourth-order valence-corrected chi connectivity index (χ4v) is 4.36. The third kappa shape index (κ3) is 5.53. The average Bonchev–Trinajstić information content (AvgIpc) is 3.19. The van der Waals surface area contributed by atoms with E-state index in [-0.39, 0.29) is 0 Å². The number of carbonyl (C=O) groups excluding carboxylic acids is 1. The van der Waals surface area contributed by atoms with Crippen molar-refractivity contribution in [3.8, 4) is 0 Å². The van der Waals surface area contributed by atoms with Crippen LogP contribution in [0.3, 0.4) is 0 Å². The highest BCUT2D eigenvalue weighted by Crippen LogP contribution is 2.29. The summed E-state index contributed by atoms with van der Waals surface area (Å²) in [7, 11) is 2.02. The van der Waals surface area contributed by atoms with Gasteiger partial charge < -0.3 is 9.80 Å². The molecule has 0 atom stereocenters. The first kappa shape index (κ1) is 18.4. The molecule has 4 heteroatoms. The number of aromatic nitrogens is 1. The molecule has 0 aromatic carbocycles. The van der Waals surface area contributed by atoms with Crippen molar-refractivity contribution in [3.05, 3.63) is 30.1 Å². The lowest BCUT2D eigenvalue weighted by molar-refractivity contribution is -0.133. The van der Waals surface area contributed by atoms with Gasteiger partial charge in [-0.2, -0.15) is 0 Å². The molecule has 1 aliphatic carbocycles. The Hall–Kier alpha value is -1.42. The number of hydrogen-bond donors (Lipinski definition) is 0. The minimum Gasteiger partial charge on any atom is -0.343 e. The highest BCUT2D eigenvalue weighted by Gasteiger charge is 2.26. The Labute approximate surface area is 152 Å². The van der Waals surface area contributed by atoms with Gasteiger partial charge in [-0.1, -0.05) is 31.7 Å². The summed E-state index contributed by atoms with van der Waals surface area (Å²) in [6.45, 7) is 3.26. The van der Waals surface area contributed by atoms with E-state index in [4.69, 9.17) is 0 Å². The van der Waals surface area contributed by atoms with Crippen LogP contribution in [0.25, 0.3) is 0 Å². The van der Waals surface area contributed by atoms with Gasteiger partial charge in [-0.15, -0.1) is 0 Å². The zero-order chi connectivity index (χ0) is 17.5. The maximum atomic E-state index is 12.5. The van der Waals surface area contributed by atoms with E-state index in [0.717, 1.165) is 57.7 Å². The van der Waals surface area contributed by atoms with Crippen LogP contribution in [0, 0.1) is 5.92 Å². The molecule has 1 aromatic rings. The second-order valence-electron chi connectivity index (χ2n) is 7.84. The summed E-state index contributed by atoms with van der Waals surface area (Å²) < 4.78 is 0. The fourth-order valence-electron chi connectivity index (χ4n) is 4.36. The summed E-state index contributed by atoms with van der Waals surface area (Å²) in [5, 5.41) is 0. The topological polar surface area (TPSA) is 36.4 Å². The van der Waals surface area contributed by atoms with Gasteiger partial charge in [0.05, 0.1) is 0 Å². The zero-order valence-corrected chi connectivity index (χ0v) is 15.7. The van der Waals surface area contributed by atoms with Crippen LogP contribution in [0.5, 0.6) is 0 Å². The Bertz CT molecular complexity index is 519. The summed E-state index contributed by atoms with van der Waals surface area (Å²) in [6.07, 6.45) is 12.4. The normalized spacial score (nSPS) is 20.0. The highest BCUT2D eigenvalue weighted by molar-refractivity contribution is 5.76. The van der Waals surface area contributed by atoms with Crippen LogP contribution in [0.2, 0.25) is 0 Å². The Balaban J connectivity index is 1.35. The maximum Gasteiger partial charge on any atom is 0.222 e. The molecular formula is C21H33N3O. The maximum absolute atomic E-state index is 12.5. The van der Waals surface area contributed by atoms with Crippen LogP contribution in [0.1, 0.15) is 57.1 Å². The molecule has 2 fully saturated rings. The fraction of sp³-hybridized carbons (Fsp3) is 0.714. The van der Waals surface area contributed by atoms with Gasteiger partial charge in [0.2, 0.25) is 5.91 Å². The molecule has 0 unspecified atom stereocenters. The first-order valence-electron chi connectivity index (χ1n) is 10.1. The minimum absolute atomic E-state index is 0.360. The van der Waals surface area contributed by atoms with Gasteiger partial charge >= 0.3 is 0 Å². The van der Waals surface area contributed by atoms with E-state index >= 15 is 0 Å². The lowest BCUT2D eigenvalue weighted by atomic mass is 9.99. The number of carbonyl (C=O) groups is 1. The van der Waals surface area contributed by atoms with Crippen LogP contribution in [0.4, 0.5) is 0 Å². The number of nitrogens with zero attached hydrogens (tertiary/aromatic N) is 3. The number of amides is 1. The van der Waals surface area contributed by atoms with Crippen molar-refractivity contribution >= 4 is 5.91 Å². The van der Waals surface area contributed by atoms with Gasteiger partial charge in [-0.25, -0.2) is 0 Å². The summed E-state index contributed by atoms with van der Waals surface area (Å²) in [4.78, 5) is 21.5. The lowest BCUT2D eigenvalue weighted by Gasteiger charge is -2.37. The number of pyridine rings is 1. The van der Waals surface area contributed by atoms with Crippen molar-refractivity contribution in [2.24, 2.45) is 5.92 Å². The molecule has 1 saturated carbocycles. The van der Waals surface area contributed by atoms with E-state index in [2.05, 4.69) is 22.0 Å². The van der Waals surface area contributed by atoms with E-state index in [1.54, 1.807) is 0 Å². The van der Waals surface area contributed by atoms with Crippen LogP contribution in [-0.4, -0.2) is 53.4 Å². The van der Waals surface area contributed by atoms with Crippen molar-refractivity contribution in [1.29, 1.82) is 0 Å². The molecule has 2 heterocycles. The summed E-state index contributed by atoms with van der Waals surface area (Å²) in [5.74, 6) is 1.17. The van der Waals surface area contributed by atoms with Gasteiger partial charge in [-0.05, 0) is 37.3 Å². The van der Waals surface area contributed by atoms with Crippen molar-refractivity contribution in [2.45, 2.75) is 63.8 Å². The third-order valence-corrected chi connectivity index (χ3v) is 6.15. The highest BCUT2D eigenvalue weighted by atomic mass is 16.2. The molecule has 138 valence electrons. The molecular weight excluding hydrogens is 310 g/mol. The predicted molar refractivity (Wildman–Crippen MR) is 101 cm³/mol. The van der Waals surface area contributed by atoms with Crippen LogP contribution >= 0.6 is 0 Å². The molecule has 1 aromatic heterocycles. The Morgan fingerprint density at radius 3 is 2.64 bits per heavy atom. The molecule has 3 rings (SSSR count). The zero-order valence-electron chi connectivity index (χ0n) is 15.7. The summed E-state index contributed by atoms with van der Waals surface area (Å²) >= 11 is 0. The SMILES string of the molecule is CN(C(=O)CCC1CCCC1)C1CCN(CCc2ccccn2)CC1. The van der Waals surface area contributed by atoms with Crippen LogP contribution in [-0.2, 0) is 11.2 Å². The first-order valence-corrected chi connectivity index (χ1v) is 10.1. The second-order valence-corrected chi connectivity index (χ2v) is 7.84. The van der Waals surface area contributed by atoms with Gasteiger partial charge in [-0.3, -0.25) is 9.78 Å². The van der Waals surface area contributed by atoms with Gasteiger partial charge in [0.15, 0.2) is 0 Å². The Morgan fingerprint density at radius 1 is 1.20 bits per heavy atom. The smallest absolute Gasteiger partial charge is 0.222 e. The summed E-state index contributed by atoms with van der Waals surface area (Å²) in [6, 6.07) is 6.56. The molecule has 0 N–H and O–H groups in total. The molecule has 0 radical (unpaired) electrons. The first-order chi connectivity index (χ1) is 12.2. The molecule has 0 spiro atoms. The molecule has 4 nitrogen and oxygen atoms in total. The number of hydrogen-bond acceptors (Lipinski definition) is 3. The number of likely N-dealkylation sites (tertiary alicyclic amines) is 1. The van der Waals surface area contributed by atoms with Crippen LogP contribution < -0.4 is 0 Å². The largest absolute Gasteiger partial charge is 0.343 e. The standard InChI is InChI=1S/C21H33N3O/c1-23(21(25)10-9-18-6-2-3-7-18)20-12-16-24(17-13-20)15-11-19-8-4-5-14-22-19/h4-5,8,14,18,20H,2-3,6-7,9-13,15-17H2,1H3. The Morgan fingerprint density at radius 2 is 1.96 bits per heavy atom.